The summed E-state index contributed by atoms with van der Waals surface area (Å²) < 4.78 is 0. The summed E-state index contributed by atoms with van der Waals surface area (Å²) in [6.07, 6.45) is 1.76. The zero-order chi connectivity index (χ0) is 14.5. The van der Waals surface area contributed by atoms with Gasteiger partial charge in [0.15, 0.2) is 5.13 Å². The van der Waals surface area contributed by atoms with Gasteiger partial charge >= 0.3 is 0 Å². The van der Waals surface area contributed by atoms with Crippen LogP contribution in [0.15, 0.2) is 29.8 Å². The van der Waals surface area contributed by atoms with Crippen LogP contribution in [0.25, 0.3) is 0 Å². The molecular formula is C14H18N4OS. The Bertz CT molecular complexity index is 570. The number of rotatable bonds is 5. The average Bonchev–Trinajstić information content (AvgIpc) is 2.84. The van der Waals surface area contributed by atoms with Gasteiger partial charge in [-0.05, 0) is 33.0 Å². The SMILES string of the molecule is Cc1csc(NC(=O)CN(C)[C@H](C)c2ccccn2)n1. The van der Waals surface area contributed by atoms with E-state index in [0.717, 1.165) is 11.4 Å². The van der Waals surface area contributed by atoms with Crippen molar-refractivity contribution in [3.8, 4) is 0 Å². The lowest BCUT2D eigenvalue weighted by molar-refractivity contribution is -0.117. The third kappa shape index (κ3) is 3.85. The number of aromatic nitrogens is 2. The molecule has 2 rings (SSSR count). The van der Waals surface area contributed by atoms with Crippen LogP contribution in [0.2, 0.25) is 0 Å². The van der Waals surface area contributed by atoms with E-state index < -0.39 is 0 Å². The molecule has 106 valence electrons. The van der Waals surface area contributed by atoms with Gasteiger partial charge in [0, 0.05) is 17.6 Å². The van der Waals surface area contributed by atoms with E-state index in [1.807, 2.05) is 49.4 Å². The van der Waals surface area contributed by atoms with Crippen LogP contribution in [0.4, 0.5) is 5.13 Å². The zero-order valence-corrected chi connectivity index (χ0v) is 12.6. The van der Waals surface area contributed by atoms with Crippen LogP contribution in [0, 0.1) is 6.92 Å². The molecule has 20 heavy (non-hydrogen) atoms. The fourth-order valence-electron chi connectivity index (χ4n) is 1.78. The summed E-state index contributed by atoms with van der Waals surface area (Å²) in [5.74, 6) is -0.0652. The number of nitrogens with zero attached hydrogens (tertiary/aromatic N) is 3. The molecule has 0 spiro atoms. The highest BCUT2D eigenvalue weighted by Crippen LogP contribution is 2.17. The molecular weight excluding hydrogens is 272 g/mol. The summed E-state index contributed by atoms with van der Waals surface area (Å²) in [6.45, 7) is 4.24. The number of hydrogen-bond donors (Lipinski definition) is 1. The highest BCUT2D eigenvalue weighted by Gasteiger charge is 2.16. The van der Waals surface area contributed by atoms with E-state index >= 15 is 0 Å². The van der Waals surface area contributed by atoms with E-state index in [1.54, 1.807) is 6.20 Å². The van der Waals surface area contributed by atoms with Gasteiger partial charge in [0.25, 0.3) is 0 Å². The first-order valence-electron chi connectivity index (χ1n) is 6.39. The molecule has 0 saturated carbocycles. The van der Waals surface area contributed by atoms with Crippen molar-refractivity contribution in [2.45, 2.75) is 19.9 Å². The standard InChI is InChI=1S/C14H18N4OS/c1-10-9-20-14(16-10)17-13(19)8-18(3)11(2)12-6-4-5-7-15-12/h4-7,9,11H,8H2,1-3H3,(H,16,17,19)/t11-/m1/s1. The molecule has 0 radical (unpaired) electrons. The number of anilines is 1. The summed E-state index contributed by atoms with van der Waals surface area (Å²) in [7, 11) is 1.91. The second-order valence-corrected chi connectivity index (χ2v) is 5.55. The van der Waals surface area contributed by atoms with Crippen LogP contribution in [-0.4, -0.2) is 34.4 Å². The normalized spacial score (nSPS) is 12.4. The van der Waals surface area contributed by atoms with Gasteiger partial charge in [0.05, 0.1) is 17.9 Å². The minimum atomic E-state index is -0.0652. The van der Waals surface area contributed by atoms with Crippen molar-refractivity contribution in [3.63, 3.8) is 0 Å². The Morgan fingerprint density at radius 3 is 2.90 bits per heavy atom. The summed E-state index contributed by atoms with van der Waals surface area (Å²) in [5.41, 5.74) is 1.87. The maximum atomic E-state index is 12.0. The second kappa shape index (κ2) is 6.58. The number of carbonyl (C=O) groups excluding carboxylic acids is 1. The molecule has 0 aliphatic heterocycles. The molecule has 0 unspecified atom stereocenters. The summed E-state index contributed by atoms with van der Waals surface area (Å²) in [4.78, 5) is 22.4. The van der Waals surface area contributed by atoms with Crippen LogP contribution in [0.3, 0.4) is 0 Å². The molecule has 5 nitrogen and oxygen atoms in total. The van der Waals surface area contributed by atoms with Crippen LogP contribution < -0.4 is 5.32 Å². The molecule has 0 fully saturated rings. The Balaban J connectivity index is 1.90. The lowest BCUT2D eigenvalue weighted by atomic mass is 10.2. The highest BCUT2D eigenvalue weighted by molar-refractivity contribution is 7.13. The number of pyridine rings is 1. The van der Waals surface area contributed by atoms with E-state index in [1.165, 1.54) is 11.3 Å². The van der Waals surface area contributed by atoms with Gasteiger partial charge in [-0.15, -0.1) is 11.3 Å². The van der Waals surface area contributed by atoms with Crippen molar-refractivity contribution in [2.75, 3.05) is 18.9 Å². The molecule has 6 heteroatoms. The van der Waals surface area contributed by atoms with Crippen LogP contribution >= 0.6 is 11.3 Å². The molecule has 2 heterocycles. The third-order valence-electron chi connectivity index (χ3n) is 3.04. The Labute approximate surface area is 122 Å². The van der Waals surface area contributed by atoms with Gasteiger partial charge in [-0.25, -0.2) is 4.98 Å². The van der Waals surface area contributed by atoms with E-state index in [4.69, 9.17) is 0 Å². The molecule has 2 aromatic rings. The van der Waals surface area contributed by atoms with Gasteiger partial charge < -0.3 is 5.32 Å². The number of carbonyl (C=O) groups is 1. The minimum absolute atomic E-state index is 0.0652. The van der Waals surface area contributed by atoms with Gasteiger partial charge in [0.2, 0.25) is 5.91 Å². The van der Waals surface area contributed by atoms with E-state index in [-0.39, 0.29) is 11.9 Å². The first-order valence-corrected chi connectivity index (χ1v) is 7.27. The predicted octanol–water partition coefficient (Wildman–Crippen LogP) is 2.48. The van der Waals surface area contributed by atoms with Crippen molar-refractivity contribution >= 4 is 22.4 Å². The fourth-order valence-corrected chi connectivity index (χ4v) is 2.49. The summed E-state index contributed by atoms with van der Waals surface area (Å²) >= 11 is 1.44. The molecule has 0 bridgehead atoms. The van der Waals surface area contributed by atoms with E-state index in [2.05, 4.69) is 15.3 Å². The summed E-state index contributed by atoms with van der Waals surface area (Å²) in [6, 6.07) is 5.88. The molecule has 2 aromatic heterocycles. The van der Waals surface area contributed by atoms with Gasteiger partial charge in [0.1, 0.15) is 0 Å². The Hall–Kier alpha value is -1.79. The van der Waals surface area contributed by atoms with Crippen LogP contribution in [0.5, 0.6) is 0 Å². The number of thiazole rings is 1. The molecule has 1 amide bonds. The van der Waals surface area contributed by atoms with Crippen molar-refractivity contribution in [1.29, 1.82) is 0 Å². The predicted molar refractivity (Wildman–Crippen MR) is 80.8 cm³/mol. The van der Waals surface area contributed by atoms with Gasteiger partial charge in [-0.1, -0.05) is 6.07 Å². The third-order valence-corrected chi connectivity index (χ3v) is 3.91. The molecule has 0 aliphatic carbocycles. The molecule has 1 atom stereocenters. The molecule has 0 aliphatic rings. The maximum absolute atomic E-state index is 12.0. The number of nitrogens with one attached hydrogen (secondary N) is 1. The number of amides is 1. The Morgan fingerprint density at radius 1 is 1.50 bits per heavy atom. The summed E-state index contributed by atoms with van der Waals surface area (Å²) in [5, 5.41) is 5.36. The largest absolute Gasteiger partial charge is 0.301 e. The fraction of sp³-hybridized carbons (Fsp3) is 0.357. The Morgan fingerprint density at radius 2 is 2.30 bits per heavy atom. The monoisotopic (exact) mass is 290 g/mol. The first kappa shape index (κ1) is 14.6. The van der Waals surface area contributed by atoms with E-state index in [9.17, 15) is 4.79 Å². The van der Waals surface area contributed by atoms with Crippen LogP contribution in [0.1, 0.15) is 24.4 Å². The highest BCUT2D eigenvalue weighted by atomic mass is 32.1. The van der Waals surface area contributed by atoms with Crippen LogP contribution in [-0.2, 0) is 4.79 Å². The Kier molecular flexibility index (Phi) is 4.81. The smallest absolute Gasteiger partial charge is 0.240 e. The molecule has 1 N–H and O–H groups in total. The van der Waals surface area contributed by atoms with Crippen molar-refractivity contribution in [1.82, 2.24) is 14.9 Å². The van der Waals surface area contributed by atoms with Crippen molar-refractivity contribution in [2.24, 2.45) is 0 Å². The van der Waals surface area contributed by atoms with Crippen molar-refractivity contribution < 1.29 is 4.79 Å². The molecule has 0 saturated heterocycles. The number of hydrogen-bond acceptors (Lipinski definition) is 5. The zero-order valence-electron chi connectivity index (χ0n) is 11.8. The topological polar surface area (TPSA) is 58.1 Å². The minimum Gasteiger partial charge on any atom is -0.301 e. The number of likely N-dealkylation sites (N-methyl/N-ethyl adjacent to an activating group) is 1. The van der Waals surface area contributed by atoms with E-state index in [0.29, 0.717) is 11.7 Å². The van der Waals surface area contributed by atoms with Crippen molar-refractivity contribution in [3.05, 3.63) is 41.2 Å². The van der Waals surface area contributed by atoms with Gasteiger partial charge in [-0.2, -0.15) is 0 Å². The lowest BCUT2D eigenvalue weighted by Crippen LogP contribution is -2.32. The quantitative estimate of drug-likeness (QED) is 0.919. The lowest BCUT2D eigenvalue weighted by Gasteiger charge is -2.23. The first-order chi connectivity index (χ1) is 9.56. The maximum Gasteiger partial charge on any atom is 0.240 e. The second-order valence-electron chi connectivity index (χ2n) is 4.69. The molecule has 0 aromatic carbocycles. The number of aryl methyl sites for hydroxylation is 1. The van der Waals surface area contributed by atoms with Gasteiger partial charge in [-0.3, -0.25) is 14.7 Å². The average molecular weight is 290 g/mol.